The maximum Gasteiger partial charge on any atom is 0.312 e. The van der Waals surface area contributed by atoms with E-state index in [2.05, 4.69) is 46.8 Å². The molecular weight excluding hydrogens is 332 g/mol. The van der Waals surface area contributed by atoms with E-state index in [1.54, 1.807) is 0 Å². The summed E-state index contributed by atoms with van der Waals surface area (Å²) in [4.78, 5) is 12.8. The van der Waals surface area contributed by atoms with Crippen molar-refractivity contribution in [3.05, 3.63) is 33.8 Å². The van der Waals surface area contributed by atoms with E-state index in [9.17, 15) is 4.79 Å². The molecular formula is C22H31ClO2. The number of benzene rings is 1. The Bertz CT molecular complexity index is 696. The zero-order chi connectivity index (χ0) is 18.6. The van der Waals surface area contributed by atoms with Gasteiger partial charge in [-0.15, -0.1) is 0 Å². The Kier molecular flexibility index (Phi) is 4.73. The van der Waals surface area contributed by atoms with Crippen molar-refractivity contribution in [1.29, 1.82) is 0 Å². The molecule has 0 radical (unpaired) electrons. The molecule has 2 aliphatic rings. The van der Waals surface area contributed by atoms with Crippen LogP contribution in [0.3, 0.4) is 0 Å². The second-order valence-electron chi connectivity index (χ2n) is 8.91. The molecule has 3 unspecified atom stereocenters. The van der Waals surface area contributed by atoms with Gasteiger partial charge in [0.1, 0.15) is 0 Å². The van der Waals surface area contributed by atoms with Gasteiger partial charge in [0, 0.05) is 5.02 Å². The first-order chi connectivity index (χ1) is 11.7. The van der Waals surface area contributed by atoms with E-state index in [1.807, 2.05) is 0 Å². The van der Waals surface area contributed by atoms with Crippen molar-refractivity contribution in [1.82, 2.24) is 0 Å². The lowest BCUT2D eigenvalue weighted by molar-refractivity contribution is -0.167. The summed E-state index contributed by atoms with van der Waals surface area (Å²) in [6.45, 7) is 11.1. The Morgan fingerprint density at radius 1 is 1.28 bits per heavy atom. The summed E-state index contributed by atoms with van der Waals surface area (Å²) in [7, 11) is 1.52. The van der Waals surface area contributed by atoms with E-state index < -0.39 is 5.41 Å². The predicted molar refractivity (Wildman–Crippen MR) is 103 cm³/mol. The molecule has 1 fully saturated rings. The maximum atomic E-state index is 12.8. The smallest absolute Gasteiger partial charge is 0.312 e. The van der Waals surface area contributed by atoms with Crippen LogP contribution in [-0.2, 0) is 21.4 Å². The number of esters is 1. The van der Waals surface area contributed by atoms with Gasteiger partial charge < -0.3 is 4.74 Å². The topological polar surface area (TPSA) is 26.3 Å². The van der Waals surface area contributed by atoms with E-state index in [-0.39, 0.29) is 11.4 Å². The van der Waals surface area contributed by atoms with E-state index >= 15 is 0 Å². The van der Waals surface area contributed by atoms with Crippen molar-refractivity contribution in [2.24, 2.45) is 17.3 Å². The minimum Gasteiger partial charge on any atom is -0.469 e. The van der Waals surface area contributed by atoms with Crippen LogP contribution < -0.4 is 0 Å². The number of fused-ring (bicyclic) bond motifs is 3. The number of hydrogen-bond donors (Lipinski definition) is 0. The molecule has 0 bridgehead atoms. The number of hydrogen-bond acceptors (Lipinski definition) is 2. The molecule has 0 heterocycles. The molecule has 0 amide bonds. The normalized spacial score (nSPS) is 34.4. The maximum absolute atomic E-state index is 12.8. The quantitative estimate of drug-likeness (QED) is 0.613. The van der Waals surface area contributed by atoms with E-state index in [0.717, 1.165) is 30.7 Å². The second-order valence-corrected chi connectivity index (χ2v) is 9.32. The summed E-state index contributed by atoms with van der Waals surface area (Å²) in [6, 6.07) is 4.52. The Labute approximate surface area is 157 Å². The summed E-state index contributed by atoms with van der Waals surface area (Å²) in [5, 5.41) is 0.869. The number of carbonyl (C=O) groups excluding carboxylic acids is 1. The van der Waals surface area contributed by atoms with Crippen molar-refractivity contribution in [2.75, 3.05) is 7.11 Å². The van der Waals surface area contributed by atoms with Gasteiger partial charge in [0.2, 0.25) is 0 Å². The first kappa shape index (κ1) is 18.8. The van der Waals surface area contributed by atoms with Crippen molar-refractivity contribution >= 4 is 17.6 Å². The average molecular weight is 363 g/mol. The minimum atomic E-state index is -0.428. The van der Waals surface area contributed by atoms with Gasteiger partial charge in [-0.2, -0.15) is 0 Å². The van der Waals surface area contributed by atoms with E-state index in [4.69, 9.17) is 16.3 Å². The molecule has 3 heteroatoms. The highest BCUT2D eigenvalue weighted by Gasteiger charge is 2.58. The molecule has 25 heavy (non-hydrogen) atoms. The van der Waals surface area contributed by atoms with Crippen molar-refractivity contribution in [3.63, 3.8) is 0 Å². The molecule has 1 aromatic rings. The molecule has 2 nitrogen and oxygen atoms in total. The fraction of sp³-hybridized carbons (Fsp3) is 0.682. The lowest BCUT2D eigenvalue weighted by Crippen LogP contribution is -2.56. The Hall–Kier alpha value is -1.02. The third-order valence-electron chi connectivity index (χ3n) is 7.40. The first-order valence-corrected chi connectivity index (χ1v) is 9.95. The third kappa shape index (κ3) is 2.63. The van der Waals surface area contributed by atoms with Gasteiger partial charge in [-0.3, -0.25) is 4.79 Å². The molecule has 0 N–H and O–H groups in total. The van der Waals surface area contributed by atoms with Crippen LogP contribution in [0.1, 0.15) is 76.5 Å². The molecule has 2 aliphatic carbocycles. The minimum absolute atomic E-state index is 0.0117. The van der Waals surface area contributed by atoms with Gasteiger partial charge in [0.15, 0.2) is 0 Å². The van der Waals surface area contributed by atoms with Crippen molar-refractivity contribution in [3.8, 4) is 0 Å². The van der Waals surface area contributed by atoms with Gasteiger partial charge in [-0.1, -0.05) is 45.4 Å². The number of halogens is 1. The monoisotopic (exact) mass is 362 g/mol. The summed E-state index contributed by atoms with van der Waals surface area (Å²) in [5.41, 5.74) is 3.58. The molecule has 1 saturated carbocycles. The predicted octanol–water partition coefficient (Wildman–Crippen LogP) is 5.89. The summed E-state index contributed by atoms with van der Waals surface area (Å²) in [5.74, 6) is 1.01. The van der Waals surface area contributed by atoms with Crippen LogP contribution in [0.4, 0.5) is 0 Å². The van der Waals surface area contributed by atoms with Gasteiger partial charge >= 0.3 is 5.97 Å². The molecule has 0 aliphatic heterocycles. The lowest BCUT2D eigenvalue weighted by Gasteiger charge is -2.56. The van der Waals surface area contributed by atoms with Gasteiger partial charge in [0.05, 0.1) is 12.5 Å². The fourth-order valence-electron chi connectivity index (χ4n) is 5.62. The Balaban J connectivity index is 2.13. The Morgan fingerprint density at radius 3 is 2.56 bits per heavy atom. The first-order valence-electron chi connectivity index (χ1n) is 9.57. The highest BCUT2D eigenvalue weighted by atomic mass is 35.5. The number of rotatable bonds is 2. The molecule has 1 aromatic carbocycles. The molecule has 3 rings (SSSR count). The van der Waals surface area contributed by atoms with Crippen LogP contribution in [0.15, 0.2) is 12.1 Å². The largest absolute Gasteiger partial charge is 0.469 e. The fourth-order valence-corrected chi connectivity index (χ4v) is 6.00. The molecule has 0 saturated heterocycles. The standard InChI is InChI=1S/C22H31ClO2/c1-13(2)16-11-15-7-8-19-21(4,17(15)12-18(16)23)10-9-14(3)22(19,5)20(24)25-6/h11-14,19H,7-10H2,1-6H3/t14?,19?,21-,22?/m0/s1. The van der Waals surface area contributed by atoms with Crippen LogP contribution in [0.5, 0.6) is 0 Å². The zero-order valence-electron chi connectivity index (χ0n) is 16.4. The van der Waals surface area contributed by atoms with Crippen LogP contribution >= 0.6 is 11.6 Å². The van der Waals surface area contributed by atoms with Crippen LogP contribution in [0, 0.1) is 17.3 Å². The zero-order valence-corrected chi connectivity index (χ0v) is 17.2. The summed E-state index contributed by atoms with van der Waals surface area (Å²) >= 11 is 6.65. The molecule has 0 spiro atoms. The lowest BCUT2D eigenvalue weighted by atomic mass is 9.47. The average Bonchev–Trinajstić information content (AvgIpc) is 2.57. The third-order valence-corrected chi connectivity index (χ3v) is 7.73. The van der Waals surface area contributed by atoms with Crippen molar-refractivity contribution in [2.45, 2.75) is 71.6 Å². The number of aryl methyl sites for hydroxylation is 1. The van der Waals surface area contributed by atoms with Gasteiger partial charge in [-0.25, -0.2) is 0 Å². The second kappa shape index (κ2) is 6.30. The highest BCUT2D eigenvalue weighted by molar-refractivity contribution is 6.31. The molecule has 4 atom stereocenters. The number of carbonyl (C=O) groups is 1. The molecule has 138 valence electrons. The van der Waals surface area contributed by atoms with Crippen molar-refractivity contribution < 1.29 is 9.53 Å². The summed E-state index contributed by atoms with van der Waals surface area (Å²) in [6.07, 6.45) is 4.21. The Morgan fingerprint density at radius 2 is 1.96 bits per heavy atom. The van der Waals surface area contributed by atoms with E-state index in [1.165, 1.54) is 23.8 Å². The number of methoxy groups -OCH3 is 1. The molecule has 0 aromatic heterocycles. The number of ether oxygens (including phenoxy) is 1. The van der Waals surface area contributed by atoms with E-state index in [0.29, 0.717) is 17.8 Å². The highest BCUT2D eigenvalue weighted by Crippen LogP contribution is 2.60. The van der Waals surface area contributed by atoms with Crippen LogP contribution in [0.2, 0.25) is 5.02 Å². The SMILES string of the molecule is COC(=O)C1(C)C(C)CC[C@@]2(C)c3cc(Cl)c(C(C)C)cc3CCC12. The van der Waals surface area contributed by atoms with Crippen LogP contribution in [-0.4, -0.2) is 13.1 Å². The van der Waals surface area contributed by atoms with Crippen LogP contribution in [0.25, 0.3) is 0 Å². The summed E-state index contributed by atoms with van der Waals surface area (Å²) < 4.78 is 5.25. The van der Waals surface area contributed by atoms with Gasteiger partial charge in [-0.05, 0) is 78.5 Å². The van der Waals surface area contributed by atoms with Gasteiger partial charge in [0.25, 0.3) is 0 Å².